The normalized spacial score (nSPS) is 17.3. The molecule has 0 spiro atoms. The Hall–Kier alpha value is -3.97. The monoisotopic (exact) mass is 478 g/mol. The fraction of sp³-hybridized carbons (Fsp3) is 0.250. The van der Waals surface area contributed by atoms with Crippen molar-refractivity contribution in [2.24, 2.45) is 0 Å². The van der Waals surface area contributed by atoms with Crippen LogP contribution in [-0.2, 0) is 14.6 Å². The molecule has 174 valence electrons. The molecule has 1 atom stereocenters. The van der Waals surface area contributed by atoms with Crippen LogP contribution in [0.15, 0.2) is 53.0 Å². The molecule has 0 aliphatic carbocycles. The van der Waals surface area contributed by atoms with Crippen molar-refractivity contribution >= 4 is 27.5 Å². The van der Waals surface area contributed by atoms with Crippen LogP contribution in [0.4, 0.5) is 0 Å². The van der Waals surface area contributed by atoms with Crippen LogP contribution in [0.25, 0.3) is 11.7 Å². The average Bonchev–Trinajstić information content (AvgIpc) is 3.14. The number of amides is 1. The van der Waals surface area contributed by atoms with Crippen LogP contribution in [0.1, 0.15) is 23.1 Å². The summed E-state index contributed by atoms with van der Waals surface area (Å²) in [5, 5.41) is 12.2. The lowest BCUT2D eigenvalue weighted by atomic mass is 10.1. The highest BCUT2D eigenvalue weighted by Crippen LogP contribution is 2.25. The van der Waals surface area contributed by atoms with Gasteiger partial charge in [-0.2, -0.15) is 10.2 Å². The highest BCUT2D eigenvalue weighted by Gasteiger charge is 2.30. The van der Waals surface area contributed by atoms with Crippen LogP contribution < -0.4 is 15.6 Å². The van der Waals surface area contributed by atoms with E-state index >= 15 is 0 Å². The molecular formula is C24H22N4O5S. The highest BCUT2D eigenvalue weighted by molar-refractivity contribution is 7.91. The Bertz CT molecular complexity index is 1520. The number of sulfone groups is 1. The molecule has 10 heteroatoms. The predicted molar refractivity (Wildman–Crippen MR) is 126 cm³/mol. The van der Waals surface area contributed by atoms with E-state index in [4.69, 9.17) is 4.74 Å². The topological polar surface area (TPSA) is 131 Å². The van der Waals surface area contributed by atoms with E-state index in [0.717, 1.165) is 17.2 Å². The summed E-state index contributed by atoms with van der Waals surface area (Å²) >= 11 is 0. The van der Waals surface area contributed by atoms with Gasteiger partial charge in [0.2, 0.25) is 5.88 Å². The van der Waals surface area contributed by atoms with Crippen LogP contribution in [0.2, 0.25) is 0 Å². The lowest BCUT2D eigenvalue weighted by Gasteiger charge is -2.12. The van der Waals surface area contributed by atoms with E-state index in [-0.39, 0.29) is 34.9 Å². The maximum atomic E-state index is 13.3. The van der Waals surface area contributed by atoms with E-state index in [2.05, 4.69) is 10.3 Å². The second kappa shape index (κ2) is 9.11. The first kappa shape index (κ1) is 23.2. The van der Waals surface area contributed by atoms with Gasteiger partial charge < -0.3 is 10.1 Å². The Kier molecular flexibility index (Phi) is 6.22. The molecule has 9 nitrogen and oxygen atoms in total. The number of ether oxygens (including phenoxy) is 1. The van der Waals surface area contributed by atoms with E-state index in [9.17, 15) is 23.3 Å². The molecule has 1 aliphatic rings. The first-order valence-electron chi connectivity index (χ1n) is 10.6. The standard InChI is InChI=1S/C24H22N4O5S/c1-15-5-7-19(8-6-15)33-23-20(24(30)28-10-3-4-16(2)21(28)27-23)12-17(13-25)22(29)26-18-9-11-34(31,32)14-18/h3-8,10,12,18H,9,11,14H2,1-2H3,(H,26,29)/b17-12+. The van der Waals surface area contributed by atoms with E-state index in [1.54, 1.807) is 43.5 Å². The molecule has 1 aromatic carbocycles. The molecule has 1 aliphatic heterocycles. The van der Waals surface area contributed by atoms with Gasteiger partial charge in [-0.1, -0.05) is 23.8 Å². The molecule has 1 amide bonds. The number of aryl methyl sites for hydroxylation is 2. The van der Waals surface area contributed by atoms with Gasteiger partial charge in [-0.05, 0) is 50.1 Å². The second-order valence-electron chi connectivity index (χ2n) is 8.18. The zero-order chi connectivity index (χ0) is 24.5. The van der Waals surface area contributed by atoms with Gasteiger partial charge in [-0.15, -0.1) is 0 Å². The molecular weight excluding hydrogens is 456 g/mol. The van der Waals surface area contributed by atoms with Gasteiger partial charge in [-0.25, -0.2) is 8.42 Å². The number of nitriles is 1. The molecule has 0 radical (unpaired) electrons. The fourth-order valence-electron chi connectivity index (χ4n) is 3.68. The molecule has 3 heterocycles. The smallest absolute Gasteiger partial charge is 0.269 e. The summed E-state index contributed by atoms with van der Waals surface area (Å²) in [7, 11) is -3.21. The van der Waals surface area contributed by atoms with Gasteiger partial charge in [0.25, 0.3) is 11.5 Å². The summed E-state index contributed by atoms with van der Waals surface area (Å²) in [6.45, 7) is 3.73. The molecule has 3 aromatic rings. The number of aromatic nitrogens is 2. The minimum atomic E-state index is -3.21. The summed E-state index contributed by atoms with van der Waals surface area (Å²) in [4.78, 5) is 30.5. The molecule has 2 aromatic heterocycles. The van der Waals surface area contributed by atoms with Crippen molar-refractivity contribution < 1.29 is 17.9 Å². The first-order valence-corrected chi connectivity index (χ1v) is 12.4. The van der Waals surface area contributed by atoms with E-state index in [0.29, 0.717) is 11.4 Å². The molecule has 1 unspecified atom stereocenters. The number of fused-ring (bicyclic) bond motifs is 1. The largest absolute Gasteiger partial charge is 0.438 e. The molecule has 1 fully saturated rings. The number of hydrogen-bond acceptors (Lipinski definition) is 7. The third-order valence-electron chi connectivity index (χ3n) is 5.51. The quantitative estimate of drug-likeness (QED) is 0.440. The third kappa shape index (κ3) is 4.84. The average molecular weight is 479 g/mol. The highest BCUT2D eigenvalue weighted by atomic mass is 32.2. The number of benzene rings is 1. The third-order valence-corrected chi connectivity index (χ3v) is 7.27. The van der Waals surface area contributed by atoms with E-state index < -0.39 is 27.3 Å². The van der Waals surface area contributed by atoms with Crippen molar-refractivity contribution in [1.82, 2.24) is 14.7 Å². The SMILES string of the molecule is Cc1ccc(Oc2nc3c(C)cccn3c(=O)c2/C=C(\C#N)C(=O)NC2CCS(=O)(=O)C2)cc1. The molecule has 34 heavy (non-hydrogen) atoms. The maximum absolute atomic E-state index is 13.3. The van der Waals surface area contributed by atoms with E-state index in [1.807, 2.05) is 19.1 Å². The lowest BCUT2D eigenvalue weighted by molar-refractivity contribution is -0.117. The maximum Gasteiger partial charge on any atom is 0.269 e. The van der Waals surface area contributed by atoms with Gasteiger partial charge in [0.15, 0.2) is 9.84 Å². The number of hydrogen-bond donors (Lipinski definition) is 1. The summed E-state index contributed by atoms with van der Waals surface area (Å²) in [5.74, 6) is -0.581. The minimum Gasteiger partial charge on any atom is -0.438 e. The van der Waals surface area contributed by atoms with Crippen molar-refractivity contribution in [2.75, 3.05) is 11.5 Å². The Balaban J connectivity index is 1.78. The van der Waals surface area contributed by atoms with Gasteiger partial charge in [0, 0.05) is 12.2 Å². The Labute approximate surface area is 196 Å². The summed E-state index contributed by atoms with van der Waals surface area (Å²) in [5.41, 5.74) is 1.20. The van der Waals surface area contributed by atoms with Gasteiger partial charge >= 0.3 is 0 Å². The van der Waals surface area contributed by atoms with E-state index in [1.165, 1.54) is 4.40 Å². The van der Waals surface area contributed by atoms with Crippen molar-refractivity contribution in [3.63, 3.8) is 0 Å². The van der Waals surface area contributed by atoms with Gasteiger partial charge in [-0.3, -0.25) is 14.0 Å². The van der Waals surface area contributed by atoms with Crippen molar-refractivity contribution in [3.05, 3.63) is 75.2 Å². The van der Waals surface area contributed by atoms with Crippen molar-refractivity contribution in [1.29, 1.82) is 5.26 Å². The predicted octanol–water partition coefficient (Wildman–Crippen LogP) is 2.31. The van der Waals surface area contributed by atoms with Crippen molar-refractivity contribution in [3.8, 4) is 17.7 Å². The van der Waals surface area contributed by atoms with Gasteiger partial charge in [0.05, 0.1) is 11.5 Å². The summed E-state index contributed by atoms with van der Waals surface area (Å²) in [6, 6.07) is 11.8. The van der Waals surface area contributed by atoms with Crippen LogP contribution in [0.5, 0.6) is 11.6 Å². The number of nitrogens with zero attached hydrogens (tertiary/aromatic N) is 3. The zero-order valence-corrected chi connectivity index (χ0v) is 19.4. The molecule has 1 saturated heterocycles. The first-order chi connectivity index (χ1) is 16.2. The molecule has 4 rings (SSSR count). The number of nitrogens with one attached hydrogen (secondary N) is 1. The van der Waals surface area contributed by atoms with Crippen molar-refractivity contribution in [2.45, 2.75) is 26.3 Å². The molecule has 0 bridgehead atoms. The molecule has 1 N–H and O–H groups in total. The van der Waals surface area contributed by atoms with Crippen LogP contribution in [-0.4, -0.2) is 41.3 Å². The van der Waals surface area contributed by atoms with Crippen LogP contribution in [0, 0.1) is 25.2 Å². The fourth-order valence-corrected chi connectivity index (χ4v) is 5.35. The van der Waals surface area contributed by atoms with Crippen LogP contribution >= 0.6 is 0 Å². The second-order valence-corrected chi connectivity index (χ2v) is 10.4. The lowest BCUT2D eigenvalue weighted by Crippen LogP contribution is -2.36. The number of pyridine rings is 1. The number of carbonyl (C=O) groups is 1. The Morgan fingerprint density at radius 1 is 1.26 bits per heavy atom. The summed E-state index contributed by atoms with van der Waals surface area (Å²) < 4.78 is 30.6. The van der Waals surface area contributed by atoms with Crippen LogP contribution in [0.3, 0.4) is 0 Å². The van der Waals surface area contributed by atoms with Gasteiger partial charge in [0.1, 0.15) is 28.6 Å². The molecule has 0 saturated carbocycles. The number of carbonyl (C=O) groups excluding carboxylic acids is 1. The number of rotatable bonds is 5. The Morgan fingerprint density at radius 2 is 2.00 bits per heavy atom. The Morgan fingerprint density at radius 3 is 2.65 bits per heavy atom. The zero-order valence-electron chi connectivity index (χ0n) is 18.6. The minimum absolute atomic E-state index is 0.0205. The summed E-state index contributed by atoms with van der Waals surface area (Å²) in [6.07, 6.45) is 2.95.